The normalized spacial score (nSPS) is 9.20. The summed E-state index contributed by atoms with van der Waals surface area (Å²) in [5.41, 5.74) is 6.20. The van der Waals surface area contributed by atoms with Crippen LogP contribution >= 0.6 is 11.3 Å². The van der Waals surface area contributed by atoms with Crippen molar-refractivity contribution in [3.05, 3.63) is 10.6 Å². The Morgan fingerprint density at radius 2 is 2.50 bits per heavy atom. The fourth-order valence-corrected chi connectivity index (χ4v) is 1.42. The van der Waals surface area contributed by atoms with E-state index in [1.54, 1.807) is 0 Å². The number of nitrogens with zero attached hydrogens (tertiary/aromatic N) is 2. The average molecular weight is 153 g/mol. The van der Waals surface area contributed by atoms with Crippen molar-refractivity contribution < 1.29 is 0 Å². The summed E-state index contributed by atoms with van der Waals surface area (Å²) < 4.78 is 0. The topological polar surface area (TPSA) is 62.7 Å². The predicted octanol–water partition coefficient (Wildman–Crippen LogP) is 1.16. The van der Waals surface area contributed by atoms with Gasteiger partial charge in [-0.25, -0.2) is 4.98 Å². The molecule has 0 saturated heterocycles. The van der Waals surface area contributed by atoms with E-state index in [0.29, 0.717) is 10.0 Å². The highest BCUT2D eigenvalue weighted by atomic mass is 32.1. The number of hydrogen-bond acceptors (Lipinski definition) is 4. The summed E-state index contributed by atoms with van der Waals surface area (Å²) in [5, 5.41) is 9.01. The number of thiazole rings is 1. The first-order valence-corrected chi connectivity index (χ1v) is 3.74. The van der Waals surface area contributed by atoms with Crippen molar-refractivity contribution >= 4 is 16.5 Å². The van der Waals surface area contributed by atoms with Gasteiger partial charge in [-0.05, 0) is 6.42 Å². The Labute approximate surface area is 63.1 Å². The summed E-state index contributed by atoms with van der Waals surface area (Å²) in [6.45, 7) is 1.95. The van der Waals surface area contributed by atoms with E-state index < -0.39 is 0 Å². The molecule has 3 nitrogen and oxygen atoms in total. The van der Waals surface area contributed by atoms with Gasteiger partial charge in [0.25, 0.3) is 0 Å². The molecule has 4 heteroatoms. The first-order valence-electron chi connectivity index (χ1n) is 2.93. The monoisotopic (exact) mass is 153 g/mol. The van der Waals surface area contributed by atoms with E-state index in [2.05, 4.69) is 4.98 Å². The van der Waals surface area contributed by atoms with E-state index in [0.717, 1.165) is 12.1 Å². The van der Waals surface area contributed by atoms with Crippen molar-refractivity contribution in [2.45, 2.75) is 13.3 Å². The predicted molar refractivity (Wildman–Crippen MR) is 40.6 cm³/mol. The first-order chi connectivity index (χ1) is 4.77. The van der Waals surface area contributed by atoms with E-state index >= 15 is 0 Å². The van der Waals surface area contributed by atoms with Crippen LogP contribution in [-0.4, -0.2) is 4.98 Å². The molecule has 0 atom stereocenters. The molecular formula is C6H7N3S. The van der Waals surface area contributed by atoms with Crippen LogP contribution in [0, 0.1) is 11.3 Å². The molecule has 0 aliphatic carbocycles. The molecule has 1 rings (SSSR count). The van der Waals surface area contributed by atoms with Crippen LogP contribution in [0.5, 0.6) is 0 Å². The summed E-state index contributed by atoms with van der Waals surface area (Å²) in [7, 11) is 0. The van der Waals surface area contributed by atoms with Gasteiger partial charge in [0.15, 0.2) is 5.13 Å². The van der Waals surface area contributed by atoms with Crippen molar-refractivity contribution in [1.29, 1.82) is 5.26 Å². The van der Waals surface area contributed by atoms with Crippen molar-refractivity contribution in [3.8, 4) is 6.07 Å². The van der Waals surface area contributed by atoms with Crippen LogP contribution < -0.4 is 5.73 Å². The maximum absolute atomic E-state index is 8.53. The summed E-state index contributed by atoms with van der Waals surface area (Å²) in [5.74, 6) is 0. The van der Waals surface area contributed by atoms with Gasteiger partial charge in [0, 0.05) is 0 Å². The highest BCUT2D eigenvalue weighted by Crippen LogP contribution is 2.18. The van der Waals surface area contributed by atoms with E-state index in [4.69, 9.17) is 11.0 Å². The third-order valence-corrected chi connectivity index (χ3v) is 1.98. The second-order valence-electron chi connectivity index (χ2n) is 1.79. The van der Waals surface area contributed by atoms with Gasteiger partial charge in [-0.2, -0.15) is 5.26 Å². The minimum Gasteiger partial charge on any atom is -0.375 e. The molecule has 0 aliphatic heterocycles. The van der Waals surface area contributed by atoms with Crippen LogP contribution in [0.1, 0.15) is 17.5 Å². The van der Waals surface area contributed by atoms with Gasteiger partial charge in [0.2, 0.25) is 0 Å². The third-order valence-electron chi connectivity index (χ3n) is 1.15. The Morgan fingerprint density at radius 3 is 2.90 bits per heavy atom. The highest BCUT2D eigenvalue weighted by molar-refractivity contribution is 7.16. The maximum atomic E-state index is 8.53. The number of hydrogen-bond donors (Lipinski definition) is 1. The van der Waals surface area contributed by atoms with E-state index in [1.807, 2.05) is 13.0 Å². The van der Waals surface area contributed by atoms with Gasteiger partial charge in [-0.1, -0.05) is 18.3 Å². The zero-order valence-electron chi connectivity index (χ0n) is 5.59. The summed E-state index contributed by atoms with van der Waals surface area (Å²) in [4.78, 5) is 4.61. The lowest BCUT2D eigenvalue weighted by Crippen LogP contribution is -1.85. The van der Waals surface area contributed by atoms with Crippen molar-refractivity contribution in [2.24, 2.45) is 0 Å². The molecule has 1 aromatic heterocycles. The Morgan fingerprint density at radius 1 is 1.80 bits per heavy atom. The molecule has 1 aromatic rings. The van der Waals surface area contributed by atoms with Gasteiger partial charge >= 0.3 is 0 Å². The minimum atomic E-state index is 0.480. The zero-order chi connectivity index (χ0) is 7.56. The van der Waals surface area contributed by atoms with Crippen LogP contribution in [-0.2, 0) is 6.42 Å². The van der Waals surface area contributed by atoms with Crippen molar-refractivity contribution in [2.75, 3.05) is 5.73 Å². The molecular weight excluding hydrogens is 146 g/mol. The van der Waals surface area contributed by atoms with Gasteiger partial charge < -0.3 is 5.73 Å². The van der Waals surface area contributed by atoms with Crippen molar-refractivity contribution in [3.63, 3.8) is 0 Å². The lowest BCUT2D eigenvalue weighted by atomic mass is 10.3. The largest absolute Gasteiger partial charge is 0.375 e. The average Bonchev–Trinajstić information content (AvgIpc) is 2.30. The molecule has 0 saturated carbocycles. The number of anilines is 1. The number of rotatable bonds is 1. The van der Waals surface area contributed by atoms with E-state index in [1.165, 1.54) is 11.3 Å². The SMILES string of the molecule is CCc1nc(N)sc1C#N. The highest BCUT2D eigenvalue weighted by Gasteiger charge is 2.05. The standard InChI is InChI=1S/C6H7N3S/c1-2-4-5(3-7)10-6(8)9-4/h2H2,1H3,(H2,8,9). The molecule has 52 valence electrons. The van der Waals surface area contributed by atoms with Gasteiger partial charge in [-0.15, -0.1) is 0 Å². The Balaban J connectivity index is 3.12. The molecule has 0 bridgehead atoms. The molecule has 0 spiro atoms. The summed E-state index contributed by atoms with van der Waals surface area (Å²) in [6, 6.07) is 2.04. The number of nitrogen functional groups attached to an aromatic ring is 1. The molecule has 1 heterocycles. The Hall–Kier alpha value is -1.08. The lowest BCUT2D eigenvalue weighted by molar-refractivity contribution is 1.06. The van der Waals surface area contributed by atoms with Crippen LogP contribution in [0.2, 0.25) is 0 Å². The molecule has 0 unspecified atom stereocenters. The van der Waals surface area contributed by atoms with E-state index in [-0.39, 0.29) is 0 Å². The van der Waals surface area contributed by atoms with E-state index in [9.17, 15) is 0 Å². The molecule has 10 heavy (non-hydrogen) atoms. The third kappa shape index (κ3) is 1.09. The minimum absolute atomic E-state index is 0.480. The molecule has 0 fully saturated rings. The smallest absolute Gasteiger partial charge is 0.181 e. The van der Waals surface area contributed by atoms with Crippen LogP contribution in [0.4, 0.5) is 5.13 Å². The second kappa shape index (κ2) is 2.67. The summed E-state index contributed by atoms with van der Waals surface area (Å²) >= 11 is 1.24. The first kappa shape index (κ1) is 7.03. The fourth-order valence-electron chi connectivity index (χ4n) is 0.697. The van der Waals surface area contributed by atoms with Crippen LogP contribution in [0.15, 0.2) is 0 Å². The second-order valence-corrected chi connectivity index (χ2v) is 2.82. The molecule has 0 aromatic carbocycles. The van der Waals surface area contributed by atoms with Crippen molar-refractivity contribution in [1.82, 2.24) is 4.98 Å². The van der Waals surface area contributed by atoms with Gasteiger partial charge in [-0.3, -0.25) is 0 Å². The number of aryl methyl sites for hydroxylation is 1. The van der Waals surface area contributed by atoms with Gasteiger partial charge in [0.1, 0.15) is 10.9 Å². The lowest BCUT2D eigenvalue weighted by Gasteiger charge is -1.83. The molecule has 0 amide bonds. The molecule has 0 radical (unpaired) electrons. The quantitative estimate of drug-likeness (QED) is 0.658. The number of aromatic nitrogens is 1. The van der Waals surface area contributed by atoms with Crippen LogP contribution in [0.3, 0.4) is 0 Å². The van der Waals surface area contributed by atoms with Gasteiger partial charge in [0.05, 0.1) is 5.69 Å². The fraction of sp³-hybridized carbons (Fsp3) is 0.333. The number of nitrogens with two attached hydrogens (primary N) is 1. The Kier molecular flexibility index (Phi) is 1.88. The molecule has 0 aliphatic rings. The van der Waals surface area contributed by atoms with Crippen LogP contribution in [0.25, 0.3) is 0 Å². The molecule has 2 N–H and O–H groups in total. The summed E-state index contributed by atoms with van der Waals surface area (Å²) in [6.07, 6.45) is 0.774. The number of nitriles is 1. The Bertz CT molecular complexity index is 271. The maximum Gasteiger partial charge on any atom is 0.181 e. The zero-order valence-corrected chi connectivity index (χ0v) is 6.40.